The van der Waals surface area contributed by atoms with Crippen molar-refractivity contribution in [1.29, 1.82) is 0 Å². The summed E-state index contributed by atoms with van der Waals surface area (Å²) in [5, 5.41) is 24.0. The van der Waals surface area contributed by atoms with Gasteiger partial charge in [0.15, 0.2) is 0 Å². The topological polar surface area (TPSA) is 121 Å². The standard InChI is InChI=1S/C5H11NO2S.C3H6O3/c1-9-3-2-4(6)5(7)8;1-2(4)3(5)6/h4H,2-3,6H2,1H3,(H,7,8);2,4H,1H3,(H,5,6)/t4-;/m0./s1. The van der Waals surface area contributed by atoms with Crippen molar-refractivity contribution in [2.45, 2.75) is 25.5 Å². The Labute approximate surface area is 92.5 Å². The quantitative estimate of drug-likeness (QED) is 0.515. The van der Waals surface area contributed by atoms with E-state index in [0.717, 1.165) is 5.75 Å². The van der Waals surface area contributed by atoms with Crippen molar-refractivity contribution >= 4 is 23.7 Å². The highest BCUT2D eigenvalue weighted by Gasteiger charge is 2.08. The van der Waals surface area contributed by atoms with Crippen LogP contribution in [0.1, 0.15) is 13.3 Å². The molecule has 0 saturated heterocycles. The molecule has 0 amide bonds. The van der Waals surface area contributed by atoms with E-state index < -0.39 is 24.1 Å². The van der Waals surface area contributed by atoms with Gasteiger partial charge in [-0.2, -0.15) is 11.8 Å². The van der Waals surface area contributed by atoms with Gasteiger partial charge in [-0.05, 0) is 25.4 Å². The first-order valence-corrected chi connectivity index (χ1v) is 5.60. The predicted molar refractivity (Wildman–Crippen MR) is 57.9 cm³/mol. The monoisotopic (exact) mass is 239 g/mol. The summed E-state index contributed by atoms with van der Waals surface area (Å²) in [5.74, 6) is -1.29. The van der Waals surface area contributed by atoms with Crippen LogP contribution in [-0.4, -0.2) is 51.4 Å². The zero-order valence-corrected chi connectivity index (χ0v) is 9.53. The van der Waals surface area contributed by atoms with Crippen LogP contribution in [0.5, 0.6) is 0 Å². The number of hydrogen-bond acceptors (Lipinski definition) is 5. The summed E-state index contributed by atoms with van der Waals surface area (Å²) in [7, 11) is 0. The lowest BCUT2D eigenvalue weighted by Gasteiger charge is -2.02. The highest BCUT2D eigenvalue weighted by molar-refractivity contribution is 7.98. The van der Waals surface area contributed by atoms with Gasteiger partial charge in [0.1, 0.15) is 12.1 Å². The van der Waals surface area contributed by atoms with Crippen LogP contribution in [0.2, 0.25) is 0 Å². The molecule has 0 spiro atoms. The number of carboxylic acid groups (broad SMARTS) is 2. The van der Waals surface area contributed by atoms with Gasteiger partial charge in [0.2, 0.25) is 0 Å². The highest BCUT2D eigenvalue weighted by Crippen LogP contribution is 1.97. The van der Waals surface area contributed by atoms with Gasteiger partial charge >= 0.3 is 11.9 Å². The van der Waals surface area contributed by atoms with E-state index >= 15 is 0 Å². The summed E-state index contributed by atoms with van der Waals surface area (Å²) >= 11 is 1.60. The zero-order valence-electron chi connectivity index (χ0n) is 8.71. The van der Waals surface area contributed by atoms with Crippen LogP contribution in [0, 0.1) is 0 Å². The van der Waals surface area contributed by atoms with Gasteiger partial charge in [0, 0.05) is 0 Å². The average Bonchev–Trinajstić information content (AvgIpc) is 2.14. The Morgan fingerprint density at radius 1 is 1.33 bits per heavy atom. The highest BCUT2D eigenvalue weighted by atomic mass is 32.2. The number of thioether (sulfide) groups is 1. The van der Waals surface area contributed by atoms with Crippen molar-refractivity contribution in [3.63, 3.8) is 0 Å². The second kappa shape index (κ2) is 9.75. The molecule has 0 aliphatic heterocycles. The molecule has 0 aromatic heterocycles. The fourth-order valence-corrected chi connectivity index (χ4v) is 0.858. The van der Waals surface area contributed by atoms with Gasteiger partial charge in [-0.3, -0.25) is 4.79 Å². The van der Waals surface area contributed by atoms with Crippen LogP contribution in [-0.2, 0) is 9.59 Å². The van der Waals surface area contributed by atoms with Gasteiger partial charge in [-0.1, -0.05) is 0 Å². The van der Waals surface area contributed by atoms with Crippen LogP contribution in [0.4, 0.5) is 0 Å². The third-order valence-electron chi connectivity index (χ3n) is 1.31. The van der Waals surface area contributed by atoms with Crippen molar-refractivity contribution in [2.75, 3.05) is 12.0 Å². The first kappa shape index (κ1) is 16.6. The zero-order chi connectivity index (χ0) is 12.4. The van der Waals surface area contributed by atoms with Crippen molar-refractivity contribution in [2.24, 2.45) is 5.73 Å². The molecule has 5 N–H and O–H groups in total. The van der Waals surface area contributed by atoms with E-state index in [4.69, 9.17) is 21.1 Å². The molecule has 0 radical (unpaired) electrons. The smallest absolute Gasteiger partial charge is 0.332 e. The van der Waals surface area contributed by atoms with Crippen LogP contribution in [0.3, 0.4) is 0 Å². The molecule has 90 valence electrons. The van der Waals surface area contributed by atoms with Gasteiger partial charge in [0.05, 0.1) is 0 Å². The van der Waals surface area contributed by atoms with E-state index in [1.54, 1.807) is 11.8 Å². The molecule has 0 bridgehead atoms. The Morgan fingerprint density at radius 2 is 1.73 bits per heavy atom. The fraction of sp³-hybridized carbons (Fsp3) is 0.750. The third kappa shape index (κ3) is 13.2. The minimum absolute atomic E-state index is 0.552. The average molecular weight is 239 g/mol. The lowest BCUT2D eigenvalue weighted by molar-refractivity contribution is -0.145. The molecular formula is C8H17NO5S. The molecule has 0 aromatic rings. The summed E-state index contributed by atoms with van der Waals surface area (Å²) in [4.78, 5) is 19.5. The van der Waals surface area contributed by atoms with Crippen molar-refractivity contribution in [1.82, 2.24) is 0 Å². The van der Waals surface area contributed by atoms with E-state index in [1.165, 1.54) is 6.92 Å². The van der Waals surface area contributed by atoms with Gasteiger partial charge in [-0.15, -0.1) is 0 Å². The van der Waals surface area contributed by atoms with Gasteiger partial charge in [0.25, 0.3) is 0 Å². The first-order valence-electron chi connectivity index (χ1n) is 4.21. The minimum atomic E-state index is -1.23. The number of aliphatic hydroxyl groups is 1. The summed E-state index contributed by atoms with van der Waals surface area (Å²) < 4.78 is 0. The van der Waals surface area contributed by atoms with E-state index in [-0.39, 0.29) is 0 Å². The Balaban J connectivity index is 0. The third-order valence-corrected chi connectivity index (χ3v) is 1.95. The largest absolute Gasteiger partial charge is 0.480 e. The SMILES string of the molecule is CC(O)C(=O)O.CSCC[C@H](N)C(=O)O. The first-order chi connectivity index (χ1) is 6.82. The van der Waals surface area contributed by atoms with Crippen LogP contribution >= 0.6 is 11.8 Å². The molecule has 0 aliphatic rings. The molecule has 7 heteroatoms. The van der Waals surface area contributed by atoms with Gasteiger partial charge < -0.3 is 21.1 Å². The fourth-order valence-electron chi connectivity index (χ4n) is 0.368. The van der Waals surface area contributed by atoms with Crippen molar-refractivity contribution in [3.8, 4) is 0 Å². The maximum Gasteiger partial charge on any atom is 0.332 e. The Hall–Kier alpha value is -0.790. The lowest BCUT2D eigenvalue weighted by Crippen LogP contribution is -2.30. The number of carboxylic acids is 2. The number of carbonyl (C=O) groups is 2. The van der Waals surface area contributed by atoms with E-state index in [0.29, 0.717) is 6.42 Å². The molecule has 6 nitrogen and oxygen atoms in total. The number of hydrogen-bond donors (Lipinski definition) is 4. The Bertz CT molecular complexity index is 197. The molecular weight excluding hydrogens is 222 g/mol. The predicted octanol–water partition coefficient (Wildman–Crippen LogP) is -0.397. The molecule has 0 aromatic carbocycles. The molecule has 0 heterocycles. The number of nitrogens with two attached hydrogens (primary N) is 1. The Morgan fingerprint density at radius 3 is 1.93 bits per heavy atom. The lowest BCUT2D eigenvalue weighted by atomic mass is 10.2. The van der Waals surface area contributed by atoms with Crippen LogP contribution in [0.25, 0.3) is 0 Å². The van der Waals surface area contributed by atoms with E-state index in [1.807, 2.05) is 6.26 Å². The second-order valence-corrected chi connectivity index (χ2v) is 3.73. The normalized spacial score (nSPS) is 13.3. The molecule has 1 unspecified atom stereocenters. The maximum atomic E-state index is 10.1. The van der Waals surface area contributed by atoms with Crippen molar-refractivity contribution in [3.05, 3.63) is 0 Å². The molecule has 0 fully saturated rings. The summed E-state index contributed by atoms with van der Waals surface area (Å²) in [6, 6.07) is -0.683. The number of rotatable bonds is 5. The molecule has 0 rings (SSSR count). The van der Waals surface area contributed by atoms with Crippen LogP contribution < -0.4 is 5.73 Å². The molecule has 15 heavy (non-hydrogen) atoms. The summed E-state index contributed by atoms with van der Waals surface area (Å²) in [6.45, 7) is 1.20. The summed E-state index contributed by atoms with van der Waals surface area (Å²) in [6.07, 6.45) is 1.25. The van der Waals surface area contributed by atoms with Gasteiger partial charge in [-0.25, -0.2) is 4.79 Å². The van der Waals surface area contributed by atoms with Crippen LogP contribution in [0.15, 0.2) is 0 Å². The molecule has 2 atom stereocenters. The summed E-state index contributed by atoms with van der Waals surface area (Å²) in [5.41, 5.74) is 5.19. The molecule has 0 saturated carbocycles. The van der Waals surface area contributed by atoms with E-state index in [2.05, 4.69) is 0 Å². The Kier molecular flexibility index (Phi) is 10.8. The molecule has 0 aliphatic carbocycles. The number of aliphatic carboxylic acids is 2. The van der Waals surface area contributed by atoms with E-state index in [9.17, 15) is 9.59 Å². The maximum absolute atomic E-state index is 10.1. The van der Waals surface area contributed by atoms with Crippen molar-refractivity contribution < 1.29 is 24.9 Å². The second-order valence-electron chi connectivity index (χ2n) is 2.74. The number of aliphatic hydroxyl groups excluding tert-OH is 1. The minimum Gasteiger partial charge on any atom is -0.480 e.